The van der Waals surface area contributed by atoms with Crippen LogP contribution < -0.4 is 5.73 Å². The number of fused-ring (bicyclic) bond motifs is 3. The fourth-order valence-electron chi connectivity index (χ4n) is 3.67. The average molecular weight is 324 g/mol. The molecule has 2 aliphatic heterocycles. The lowest BCUT2D eigenvalue weighted by molar-refractivity contribution is 0.227. The van der Waals surface area contributed by atoms with E-state index < -0.39 is 10.0 Å². The normalized spacial score (nSPS) is 30.0. The van der Waals surface area contributed by atoms with Gasteiger partial charge in [-0.3, -0.25) is 0 Å². The minimum atomic E-state index is -3.54. The minimum Gasteiger partial charge on any atom is -0.328 e. The maximum absolute atomic E-state index is 13.1. The number of nitrogens with two attached hydrogens (primary N) is 1. The minimum absolute atomic E-state index is 0.0330. The highest BCUT2D eigenvalue weighted by molar-refractivity contribution is 7.89. The summed E-state index contributed by atoms with van der Waals surface area (Å²) in [6.45, 7) is 0. The van der Waals surface area contributed by atoms with Crippen LogP contribution in [-0.2, 0) is 10.0 Å². The van der Waals surface area contributed by atoms with E-state index in [2.05, 4.69) is 8.75 Å². The van der Waals surface area contributed by atoms with Crippen LogP contribution in [0.5, 0.6) is 0 Å². The van der Waals surface area contributed by atoms with Crippen molar-refractivity contribution >= 4 is 32.8 Å². The average Bonchev–Trinajstić information content (AvgIpc) is 3.01. The van der Waals surface area contributed by atoms with Gasteiger partial charge in [0.15, 0.2) is 0 Å². The second kappa shape index (κ2) is 4.70. The third kappa shape index (κ3) is 2.01. The van der Waals surface area contributed by atoms with Crippen LogP contribution in [0.4, 0.5) is 0 Å². The summed E-state index contributed by atoms with van der Waals surface area (Å²) in [6.07, 6.45) is 3.31. The Morgan fingerprint density at radius 1 is 1.19 bits per heavy atom. The first-order valence-corrected chi connectivity index (χ1v) is 9.25. The van der Waals surface area contributed by atoms with Crippen LogP contribution in [-0.4, -0.2) is 39.6 Å². The Morgan fingerprint density at radius 3 is 2.62 bits per heavy atom. The molecule has 3 heterocycles. The van der Waals surface area contributed by atoms with Gasteiger partial charge in [0.05, 0.1) is 11.7 Å². The number of aromatic nitrogens is 2. The van der Waals surface area contributed by atoms with Crippen molar-refractivity contribution in [3.63, 3.8) is 0 Å². The molecule has 21 heavy (non-hydrogen) atoms. The molecule has 0 saturated carbocycles. The third-order valence-corrected chi connectivity index (χ3v) is 7.09. The Morgan fingerprint density at radius 2 is 1.90 bits per heavy atom. The van der Waals surface area contributed by atoms with Gasteiger partial charge in [0.2, 0.25) is 10.0 Å². The standard InChI is InChI=1S/C13H16N4O2S2/c14-8-6-9-4-5-10(7-8)17(9)21(18,19)12-3-1-2-11-13(12)16-20-15-11/h1-3,8-10H,4-7,14H2. The summed E-state index contributed by atoms with van der Waals surface area (Å²) in [5.41, 5.74) is 7.16. The van der Waals surface area contributed by atoms with Crippen molar-refractivity contribution < 1.29 is 8.42 Å². The lowest BCUT2D eigenvalue weighted by Gasteiger charge is -2.36. The first kappa shape index (κ1) is 13.6. The fraction of sp³-hybridized carbons (Fsp3) is 0.538. The number of piperidine rings is 1. The van der Waals surface area contributed by atoms with E-state index in [1.54, 1.807) is 22.5 Å². The summed E-state index contributed by atoms with van der Waals surface area (Å²) < 4.78 is 36.2. The summed E-state index contributed by atoms with van der Waals surface area (Å²) in [4.78, 5) is 0.279. The highest BCUT2D eigenvalue weighted by Crippen LogP contribution is 2.40. The van der Waals surface area contributed by atoms with Crippen molar-refractivity contribution in [1.29, 1.82) is 0 Å². The van der Waals surface area contributed by atoms with E-state index in [-0.39, 0.29) is 23.0 Å². The van der Waals surface area contributed by atoms with Gasteiger partial charge >= 0.3 is 0 Å². The summed E-state index contributed by atoms with van der Waals surface area (Å²) in [6, 6.07) is 5.33. The number of sulfonamides is 1. The summed E-state index contributed by atoms with van der Waals surface area (Å²) in [7, 11) is -3.54. The quantitative estimate of drug-likeness (QED) is 0.900. The smallest absolute Gasteiger partial charge is 0.245 e. The second-order valence-electron chi connectivity index (χ2n) is 5.84. The fourth-order valence-corrected chi connectivity index (χ4v) is 6.32. The van der Waals surface area contributed by atoms with Gasteiger partial charge in [-0.25, -0.2) is 8.42 Å². The van der Waals surface area contributed by atoms with Crippen LogP contribution in [0.25, 0.3) is 11.0 Å². The molecule has 2 saturated heterocycles. The second-order valence-corrected chi connectivity index (χ2v) is 8.18. The lowest BCUT2D eigenvalue weighted by Crippen LogP contribution is -2.50. The molecule has 2 unspecified atom stereocenters. The van der Waals surface area contributed by atoms with E-state index in [0.29, 0.717) is 11.0 Å². The SMILES string of the molecule is NC1CC2CCC(C1)N2S(=O)(=O)c1cccc2nsnc12. The summed E-state index contributed by atoms with van der Waals surface area (Å²) in [5, 5.41) is 0. The Labute approximate surface area is 127 Å². The van der Waals surface area contributed by atoms with Crippen LogP contribution in [0.3, 0.4) is 0 Å². The third-order valence-electron chi connectivity index (χ3n) is 4.51. The molecule has 0 spiro atoms. The molecule has 0 amide bonds. The van der Waals surface area contributed by atoms with E-state index in [9.17, 15) is 8.42 Å². The molecule has 2 aliphatic rings. The Hall–Kier alpha value is -1.09. The highest BCUT2D eigenvalue weighted by atomic mass is 32.2. The molecule has 2 N–H and O–H groups in total. The van der Waals surface area contributed by atoms with Crippen LogP contribution in [0, 0.1) is 0 Å². The monoisotopic (exact) mass is 324 g/mol. The molecule has 6 nitrogen and oxygen atoms in total. The maximum Gasteiger partial charge on any atom is 0.245 e. The Balaban J connectivity index is 1.82. The van der Waals surface area contributed by atoms with Crippen molar-refractivity contribution in [3.05, 3.63) is 18.2 Å². The van der Waals surface area contributed by atoms with Crippen molar-refractivity contribution in [3.8, 4) is 0 Å². The maximum atomic E-state index is 13.1. The Bertz CT molecular complexity index is 774. The van der Waals surface area contributed by atoms with E-state index in [0.717, 1.165) is 37.4 Å². The van der Waals surface area contributed by atoms with Gasteiger partial charge in [-0.2, -0.15) is 13.1 Å². The molecule has 2 aromatic rings. The molecule has 8 heteroatoms. The zero-order valence-electron chi connectivity index (χ0n) is 11.3. The van der Waals surface area contributed by atoms with Crippen molar-refractivity contribution in [2.75, 3.05) is 0 Å². The van der Waals surface area contributed by atoms with Gasteiger partial charge in [-0.15, -0.1) is 0 Å². The van der Waals surface area contributed by atoms with E-state index in [1.165, 1.54) is 0 Å². The highest BCUT2D eigenvalue weighted by Gasteiger charge is 2.46. The number of benzene rings is 1. The van der Waals surface area contributed by atoms with Crippen LogP contribution in [0.1, 0.15) is 25.7 Å². The van der Waals surface area contributed by atoms with Crippen LogP contribution in [0.2, 0.25) is 0 Å². The largest absolute Gasteiger partial charge is 0.328 e. The molecule has 1 aromatic heterocycles. The zero-order valence-corrected chi connectivity index (χ0v) is 13.0. The molecule has 1 aromatic carbocycles. The van der Waals surface area contributed by atoms with Crippen molar-refractivity contribution in [2.45, 2.75) is 48.7 Å². The van der Waals surface area contributed by atoms with E-state index in [1.807, 2.05) is 0 Å². The molecule has 112 valence electrons. The van der Waals surface area contributed by atoms with Gasteiger partial charge < -0.3 is 5.73 Å². The van der Waals surface area contributed by atoms with E-state index in [4.69, 9.17) is 5.73 Å². The molecule has 2 atom stereocenters. The van der Waals surface area contributed by atoms with Crippen molar-refractivity contribution in [2.24, 2.45) is 5.73 Å². The zero-order chi connectivity index (χ0) is 14.6. The van der Waals surface area contributed by atoms with Gasteiger partial charge in [0.25, 0.3) is 0 Å². The lowest BCUT2D eigenvalue weighted by atomic mass is 10.0. The topological polar surface area (TPSA) is 89.2 Å². The molecule has 2 fully saturated rings. The number of rotatable bonds is 2. The van der Waals surface area contributed by atoms with Gasteiger partial charge in [0.1, 0.15) is 15.9 Å². The van der Waals surface area contributed by atoms with Crippen LogP contribution >= 0.6 is 11.7 Å². The molecular weight excluding hydrogens is 308 g/mol. The number of nitrogens with zero attached hydrogens (tertiary/aromatic N) is 3. The van der Waals surface area contributed by atoms with E-state index >= 15 is 0 Å². The predicted molar refractivity (Wildman–Crippen MR) is 80.5 cm³/mol. The summed E-state index contributed by atoms with van der Waals surface area (Å²) in [5.74, 6) is 0. The predicted octanol–water partition coefficient (Wildman–Crippen LogP) is 1.33. The molecule has 0 radical (unpaired) electrons. The molecule has 4 rings (SSSR count). The number of hydrogen-bond acceptors (Lipinski definition) is 6. The number of hydrogen-bond donors (Lipinski definition) is 1. The molecular formula is C13H16N4O2S2. The van der Waals surface area contributed by atoms with Crippen LogP contribution in [0.15, 0.2) is 23.1 Å². The van der Waals surface area contributed by atoms with Gasteiger partial charge in [-0.1, -0.05) is 6.07 Å². The first-order chi connectivity index (χ1) is 10.1. The first-order valence-electron chi connectivity index (χ1n) is 7.08. The van der Waals surface area contributed by atoms with Gasteiger partial charge in [-0.05, 0) is 37.8 Å². The van der Waals surface area contributed by atoms with Gasteiger partial charge in [0, 0.05) is 18.1 Å². The van der Waals surface area contributed by atoms with Crippen molar-refractivity contribution in [1.82, 2.24) is 13.1 Å². The molecule has 2 bridgehead atoms. The Kier molecular flexibility index (Phi) is 3.04. The summed E-state index contributed by atoms with van der Waals surface area (Å²) >= 11 is 1.04. The molecule has 0 aliphatic carbocycles.